The molecule has 0 spiro atoms. The van der Waals surface area contributed by atoms with E-state index in [0.717, 1.165) is 17.0 Å². The van der Waals surface area contributed by atoms with Gasteiger partial charge in [-0.3, -0.25) is 4.98 Å². The highest BCUT2D eigenvalue weighted by Gasteiger charge is 2.12. The Morgan fingerprint density at radius 3 is 2.40 bits per heavy atom. The lowest BCUT2D eigenvalue weighted by Gasteiger charge is -2.19. The Morgan fingerprint density at radius 2 is 1.80 bits per heavy atom. The van der Waals surface area contributed by atoms with Gasteiger partial charge in [-0.25, -0.2) is 0 Å². The Morgan fingerprint density at radius 1 is 1.10 bits per heavy atom. The third kappa shape index (κ3) is 3.81. The molecule has 0 unspecified atom stereocenters. The number of rotatable bonds is 4. The molecule has 0 atom stereocenters. The predicted octanol–water partition coefficient (Wildman–Crippen LogP) is 3.42. The molecule has 3 nitrogen and oxygen atoms in total. The lowest BCUT2D eigenvalue weighted by Crippen LogP contribution is -2.10. The number of aromatic nitrogens is 1. The summed E-state index contributed by atoms with van der Waals surface area (Å²) < 4.78 is 5.79. The smallest absolute Gasteiger partial charge is 0.119 e. The maximum atomic E-state index is 5.79. The van der Waals surface area contributed by atoms with Crippen LogP contribution in [0.2, 0.25) is 0 Å². The second-order valence-electron chi connectivity index (χ2n) is 5.92. The second kappa shape index (κ2) is 6.06. The molecular formula is C17H22N2O. The lowest BCUT2D eigenvalue weighted by molar-refractivity contribution is 0.305. The van der Waals surface area contributed by atoms with Crippen molar-refractivity contribution in [3.8, 4) is 5.75 Å². The van der Waals surface area contributed by atoms with Gasteiger partial charge in [0.2, 0.25) is 0 Å². The van der Waals surface area contributed by atoms with Crippen LogP contribution in [0.1, 0.15) is 37.6 Å². The van der Waals surface area contributed by atoms with Crippen molar-refractivity contribution in [1.82, 2.24) is 4.98 Å². The monoisotopic (exact) mass is 270 g/mol. The fourth-order valence-electron chi connectivity index (χ4n) is 1.95. The average molecular weight is 270 g/mol. The van der Waals surface area contributed by atoms with E-state index in [0.29, 0.717) is 13.2 Å². The minimum absolute atomic E-state index is 0.166. The lowest BCUT2D eigenvalue weighted by atomic mass is 9.87. The molecular weight excluding hydrogens is 248 g/mol. The summed E-state index contributed by atoms with van der Waals surface area (Å²) in [6.07, 6.45) is 1.77. The molecule has 20 heavy (non-hydrogen) atoms. The molecule has 1 aromatic heterocycles. The standard InChI is InChI=1S/C17H22N2O/c1-17(2,3)14-4-6-16(7-5-14)20-12-13-8-9-19-15(10-13)11-18/h4-10H,11-12,18H2,1-3H3. The van der Waals surface area contributed by atoms with Gasteiger partial charge in [0.25, 0.3) is 0 Å². The summed E-state index contributed by atoms with van der Waals surface area (Å²) in [7, 11) is 0. The van der Waals surface area contributed by atoms with Crippen molar-refractivity contribution in [2.75, 3.05) is 0 Å². The van der Waals surface area contributed by atoms with E-state index >= 15 is 0 Å². The minimum atomic E-state index is 0.166. The van der Waals surface area contributed by atoms with Crippen LogP contribution in [0.4, 0.5) is 0 Å². The number of hydrogen-bond acceptors (Lipinski definition) is 3. The van der Waals surface area contributed by atoms with E-state index in [9.17, 15) is 0 Å². The van der Waals surface area contributed by atoms with E-state index in [-0.39, 0.29) is 5.41 Å². The molecule has 2 aromatic rings. The van der Waals surface area contributed by atoms with Gasteiger partial charge in [-0.1, -0.05) is 32.9 Å². The van der Waals surface area contributed by atoms with Crippen molar-refractivity contribution < 1.29 is 4.74 Å². The number of ether oxygens (including phenoxy) is 1. The molecule has 0 aliphatic carbocycles. The van der Waals surface area contributed by atoms with Gasteiger partial charge < -0.3 is 10.5 Å². The van der Waals surface area contributed by atoms with Crippen molar-refractivity contribution in [3.05, 3.63) is 59.4 Å². The molecule has 1 heterocycles. The van der Waals surface area contributed by atoms with Gasteiger partial charge >= 0.3 is 0 Å². The topological polar surface area (TPSA) is 48.1 Å². The van der Waals surface area contributed by atoms with Crippen LogP contribution < -0.4 is 10.5 Å². The van der Waals surface area contributed by atoms with Gasteiger partial charge in [0.05, 0.1) is 5.69 Å². The molecule has 0 aliphatic rings. The number of nitrogens with zero attached hydrogens (tertiary/aromatic N) is 1. The summed E-state index contributed by atoms with van der Waals surface area (Å²) in [6.45, 7) is 7.59. The van der Waals surface area contributed by atoms with Crippen molar-refractivity contribution >= 4 is 0 Å². The Balaban J connectivity index is 2.00. The molecule has 1 aromatic carbocycles. The normalized spacial score (nSPS) is 11.4. The number of nitrogens with two attached hydrogens (primary N) is 1. The van der Waals surface area contributed by atoms with Crippen molar-refractivity contribution in [3.63, 3.8) is 0 Å². The van der Waals surface area contributed by atoms with Gasteiger partial charge in [-0.15, -0.1) is 0 Å². The summed E-state index contributed by atoms with van der Waals surface area (Å²) in [4.78, 5) is 4.17. The first-order valence-electron chi connectivity index (χ1n) is 6.86. The number of pyridine rings is 1. The maximum absolute atomic E-state index is 5.79. The van der Waals surface area contributed by atoms with E-state index < -0.39 is 0 Å². The highest BCUT2D eigenvalue weighted by atomic mass is 16.5. The summed E-state index contributed by atoms with van der Waals surface area (Å²) in [5.41, 5.74) is 9.02. The zero-order chi connectivity index (χ0) is 14.6. The quantitative estimate of drug-likeness (QED) is 0.926. The third-order valence-corrected chi connectivity index (χ3v) is 3.22. The van der Waals surface area contributed by atoms with Gasteiger partial charge in [-0.2, -0.15) is 0 Å². The Bertz CT molecular complexity index is 556. The molecule has 0 radical (unpaired) electrons. The van der Waals surface area contributed by atoms with Crippen molar-refractivity contribution in [1.29, 1.82) is 0 Å². The first kappa shape index (κ1) is 14.5. The maximum Gasteiger partial charge on any atom is 0.119 e. The third-order valence-electron chi connectivity index (χ3n) is 3.22. The molecule has 0 fully saturated rings. The average Bonchev–Trinajstić information content (AvgIpc) is 2.45. The van der Waals surface area contributed by atoms with Crippen LogP contribution in [0, 0.1) is 0 Å². The first-order valence-corrected chi connectivity index (χ1v) is 6.86. The van der Waals surface area contributed by atoms with Gasteiger partial charge in [0.15, 0.2) is 0 Å². The summed E-state index contributed by atoms with van der Waals surface area (Å²) in [5.74, 6) is 0.879. The van der Waals surface area contributed by atoms with Crippen LogP contribution in [0.25, 0.3) is 0 Å². The molecule has 0 bridgehead atoms. The van der Waals surface area contributed by atoms with E-state index in [4.69, 9.17) is 10.5 Å². The molecule has 2 rings (SSSR count). The molecule has 0 amide bonds. The minimum Gasteiger partial charge on any atom is -0.489 e. The van der Waals surface area contributed by atoms with Crippen LogP contribution >= 0.6 is 0 Å². The summed E-state index contributed by atoms with van der Waals surface area (Å²) in [6, 6.07) is 12.2. The van der Waals surface area contributed by atoms with Gasteiger partial charge in [0.1, 0.15) is 12.4 Å². The van der Waals surface area contributed by atoms with Crippen LogP contribution in [0.15, 0.2) is 42.6 Å². The summed E-state index contributed by atoms with van der Waals surface area (Å²) in [5, 5.41) is 0. The number of benzene rings is 1. The fraction of sp³-hybridized carbons (Fsp3) is 0.353. The van der Waals surface area contributed by atoms with Gasteiger partial charge in [0, 0.05) is 12.7 Å². The molecule has 2 N–H and O–H groups in total. The highest BCUT2D eigenvalue weighted by Crippen LogP contribution is 2.24. The van der Waals surface area contributed by atoms with E-state index in [2.05, 4.69) is 37.9 Å². The number of hydrogen-bond donors (Lipinski definition) is 1. The van der Waals surface area contributed by atoms with Crippen LogP contribution in [0.5, 0.6) is 5.75 Å². The largest absolute Gasteiger partial charge is 0.489 e. The van der Waals surface area contributed by atoms with Crippen molar-refractivity contribution in [2.24, 2.45) is 5.73 Å². The predicted molar refractivity (Wildman–Crippen MR) is 81.6 cm³/mol. The van der Waals surface area contributed by atoms with Crippen molar-refractivity contribution in [2.45, 2.75) is 39.3 Å². The molecule has 106 valence electrons. The van der Waals surface area contributed by atoms with Crippen LogP contribution in [0.3, 0.4) is 0 Å². The molecule has 0 aliphatic heterocycles. The van der Waals surface area contributed by atoms with Crippen LogP contribution in [-0.4, -0.2) is 4.98 Å². The van der Waals surface area contributed by atoms with Gasteiger partial charge in [-0.05, 0) is 40.8 Å². The molecule has 0 saturated carbocycles. The second-order valence-corrected chi connectivity index (χ2v) is 5.92. The molecule has 0 saturated heterocycles. The Kier molecular flexibility index (Phi) is 4.40. The molecule has 3 heteroatoms. The zero-order valence-electron chi connectivity index (χ0n) is 12.4. The SMILES string of the molecule is CC(C)(C)c1ccc(OCc2ccnc(CN)c2)cc1. The Labute approximate surface area is 120 Å². The van der Waals surface area contributed by atoms with Crippen LogP contribution in [-0.2, 0) is 18.6 Å². The first-order chi connectivity index (χ1) is 9.49. The van der Waals surface area contributed by atoms with E-state index in [1.165, 1.54) is 5.56 Å². The zero-order valence-corrected chi connectivity index (χ0v) is 12.4. The van der Waals surface area contributed by atoms with E-state index in [1.54, 1.807) is 6.20 Å². The Hall–Kier alpha value is -1.87. The fourth-order valence-corrected chi connectivity index (χ4v) is 1.95. The summed E-state index contributed by atoms with van der Waals surface area (Å²) >= 11 is 0. The van der Waals surface area contributed by atoms with E-state index in [1.807, 2.05) is 24.3 Å². The highest BCUT2D eigenvalue weighted by molar-refractivity contribution is 5.31.